The molecule has 5 rings (SSSR count). The highest BCUT2D eigenvalue weighted by Gasteiger charge is 2.45. The Labute approximate surface area is 199 Å². The van der Waals surface area contributed by atoms with E-state index in [9.17, 15) is 19.2 Å². The summed E-state index contributed by atoms with van der Waals surface area (Å²) in [7, 11) is 0. The Hall–Kier alpha value is -4.11. The first-order valence-electron chi connectivity index (χ1n) is 10.7. The van der Waals surface area contributed by atoms with Gasteiger partial charge in [-0.3, -0.25) is 29.4 Å². The molecule has 2 aromatic carbocycles. The summed E-state index contributed by atoms with van der Waals surface area (Å²) in [5, 5.41) is 6.32. The van der Waals surface area contributed by atoms with Crippen molar-refractivity contribution in [3.05, 3.63) is 76.8 Å². The molecule has 4 amide bonds. The van der Waals surface area contributed by atoms with Gasteiger partial charge in [-0.15, -0.1) is 11.3 Å². The van der Waals surface area contributed by atoms with Crippen LogP contribution in [0.4, 0.5) is 5.69 Å². The summed E-state index contributed by atoms with van der Waals surface area (Å²) in [5.74, 6) is -2.09. The number of imide groups is 2. The molecule has 2 aliphatic heterocycles. The van der Waals surface area contributed by atoms with Crippen molar-refractivity contribution in [1.29, 1.82) is 0 Å². The minimum atomic E-state index is -0.991. The Bertz CT molecular complexity index is 1350. The maximum atomic E-state index is 13.2. The van der Waals surface area contributed by atoms with Gasteiger partial charge >= 0.3 is 0 Å². The second kappa shape index (κ2) is 8.68. The van der Waals surface area contributed by atoms with Crippen molar-refractivity contribution in [2.75, 3.05) is 5.32 Å². The summed E-state index contributed by atoms with van der Waals surface area (Å²) in [6, 6.07) is 11.9. The van der Waals surface area contributed by atoms with E-state index in [2.05, 4.69) is 22.2 Å². The van der Waals surface area contributed by atoms with E-state index >= 15 is 0 Å². The van der Waals surface area contributed by atoms with Gasteiger partial charge < -0.3 is 5.32 Å². The van der Waals surface area contributed by atoms with Crippen LogP contribution in [0, 0.1) is 0 Å². The number of nitrogens with zero attached hydrogens (tertiary/aromatic N) is 2. The van der Waals surface area contributed by atoms with E-state index in [4.69, 9.17) is 0 Å². The van der Waals surface area contributed by atoms with Crippen LogP contribution in [0.2, 0.25) is 0 Å². The predicted octanol–water partition coefficient (Wildman–Crippen LogP) is 3.47. The Kier molecular flexibility index (Phi) is 5.54. The van der Waals surface area contributed by atoms with Crippen LogP contribution in [0.25, 0.3) is 16.6 Å². The summed E-state index contributed by atoms with van der Waals surface area (Å²) in [4.78, 5) is 56.3. The number of carbonyl (C=O) groups is 4. The third-order valence-corrected chi connectivity index (χ3v) is 6.91. The molecular formula is C25H20N4O4S. The maximum Gasteiger partial charge on any atom is 0.264 e. The van der Waals surface area contributed by atoms with Crippen LogP contribution in [0.5, 0.6) is 0 Å². The predicted molar refractivity (Wildman–Crippen MR) is 128 cm³/mol. The average Bonchev–Trinajstić information content (AvgIpc) is 3.42. The molecule has 2 N–H and O–H groups in total. The lowest BCUT2D eigenvalue weighted by molar-refractivity contribution is -0.136. The van der Waals surface area contributed by atoms with E-state index in [0.717, 1.165) is 25.9 Å². The number of nitrogens with one attached hydrogen (secondary N) is 2. The van der Waals surface area contributed by atoms with Crippen molar-refractivity contribution >= 4 is 46.7 Å². The number of benzene rings is 2. The zero-order chi connectivity index (χ0) is 23.8. The molecule has 2 aliphatic rings. The van der Waals surface area contributed by atoms with E-state index in [1.54, 1.807) is 30.5 Å². The third-order valence-electron chi connectivity index (χ3n) is 5.87. The molecule has 0 saturated carbocycles. The van der Waals surface area contributed by atoms with Gasteiger partial charge in [0.2, 0.25) is 11.8 Å². The van der Waals surface area contributed by atoms with Crippen LogP contribution in [0.1, 0.15) is 44.0 Å². The van der Waals surface area contributed by atoms with Crippen LogP contribution < -0.4 is 10.6 Å². The molecule has 3 heterocycles. The lowest BCUT2D eigenvalue weighted by Gasteiger charge is -2.27. The molecule has 170 valence electrons. The number of anilines is 1. The van der Waals surface area contributed by atoms with Gasteiger partial charge in [0.25, 0.3) is 11.8 Å². The van der Waals surface area contributed by atoms with Gasteiger partial charge in [-0.2, -0.15) is 0 Å². The second-order valence-corrected chi connectivity index (χ2v) is 9.10. The smallest absolute Gasteiger partial charge is 0.264 e. The zero-order valence-corrected chi connectivity index (χ0v) is 18.9. The fourth-order valence-corrected chi connectivity index (χ4v) is 4.99. The van der Waals surface area contributed by atoms with E-state index in [-0.39, 0.29) is 24.0 Å². The van der Waals surface area contributed by atoms with Gasteiger partial charge in [-0.1, -0.05) is 43.0 Å². The Morgan fingerprint density at radius 2 is 1.91 bits per heavy atom. The molecule has 0 radical (unpaired) electrons. The van der Waals surface area contributed by atoms with Gasteiger partial charge in [0, 0.05) is 28.7 Å². The lowest BCUT2D eigenvalue weighted by atomic mass is 10.0. The van der Waals surface area contributed by atoms with Gasteiger partial charge in [0.15, 0.2) is 0 Å². The minimum absolute atomic E-state index is 0.0823. The number of rotatable bonds is 6. The van der Waals surface area contributed by atoms with Crippen LogP contribution in [-0.4, -0.2) is 39.6 Å². The van der Waals surface area contributed by atoms with Gasteiger partial charge in [0.05, 0.1) is 17.7 Å². The summed E-state index contributed by atoms with van der Waals surface area (Å²) in [6.07, 6.45) is 3.77. The molecule has 1 saturated heterocycles. The number of fused-ring (bicyclic) bond motifs is 1. The third kappa shape index (κ3) is 3.80. The van der Waals surface area contributed by atoms with Crippen LogP contribution >= 0.6 is 11.3 Å². The number of amides is 4. The molecular weight excluding hydrogens is 452 g/mol. The summed E-state index contributed by atoms with van der Waals surface area (Å²) < 4.78 is 0. The van der Waals surface area contributed by atoms with Gasteiger partial charge in [-0.05, 0) is 24.1 Å². The van der Waals surface area contributed by atoms with E-state index < -0.39 is 29.7 Å². The fraction of sp³-hybridized carbons (Fsp3) is 0.160. The maximum absolute atomic E-state index is 13.2. The normalized spacial score (nSPS) is 17.5. The average molecular weight is 473 g/mol. The van der Waals surface area contributed by atoms with Crippen LogP contribution in [-0.2, 0) is 16.1 Å². The quantitative estimate of drug-likeness (QED) is 0.532. The Morgan fingerprint density at radius 3 is 2.65 bits per heavy atom. The largest absolute Gasteiger partial charge is 0.379 e. The van der Waals surface area contributed by atoms with E-state index in [1.165, 1.54) is 11.3 Å². The second-order valence-electron chi connectivity index (χ2n) is 7.99. The monoisotopic (exact) mass is 472 g/mol. The summed E-state index contributed by atoms with van der Waals surface area (Å²) in [5.41, 5.74) is 3.03. The molecule has 3 aromatic rings. The SMILES string of the molecule is C=Cc1ccc(-c2ncc(CNc3cccc4c3C(=O)N(C3CCC(=O)NC3=O)C4=O)s2)cc1. The van der Waals surface area contributed by atoms with Crippen molar-refractivity contribution in [3.8, 4) is 10.6 Å². The van der Waals surface area contributed by atoms with E-state index in [1.807, 2.05) is 24.3 Å². The molecule has 1 aromatic heterocycles. The molecule has 1 unspecified atom stereocenters. The highest BCUT2D eigenvalue weighted by atomic mass is 32.1. The number of hydrogen-bond donors (Lipinski definition) is 2. The zero-order valence-electron chi connectivity index (χ0n) is 18.0. The van der Waals surface area contributed by atoms with Crippen molar-refractivity contribution in [3.63, 3.8) is 0 Å². The minimum Gasteiger partial charge on any atom is -0.379 e. The molecule has 1 fully saturated rings. The van der Waals surface area contributed by atoms with Crippen molar-refractivity contribution in [1.82, 2.24) is 15.2 Å². The van der Waals surface area contributed by atoms with Crippen molar-refractivity contribution < 1.29 is 19.2 Å². The molecule has 8 nitrogen and oxygen atoms in total. The van der Waals surface area contributed by atoms with Crippen molar-refractivity contribution in [2.45, 2.75) is 25.4 Å². The van der Waals surface area contributed by atoms with Crippen molar-refractivity contribution in [2.24, 2.45) is 0 Å². The first-order chi connectivity index (χ1) is 16.5. The molecule has 0 aliphatic carbocycles. The molecule has 1 atom stereocenters. The number of aromatic nitrogens is 1. The van der Waals surface area contributed by atoms with Gasteiger partial charge in [-0.25, -0.2) is 4.98 Å². The summed E-state index contributed by atoms with van der Waals surface area (Å²) in [6.45, 7) is 4.18. The first-order valence-corrected chi connectivity index (χ1v) is 11.5. The number of hydrogen-bond acceptors (Lipinski definition) is 7. The standard InChI is InChI=1S/C25H20N4O4S/c1-2-14-6-8-15(9-7-14)23-27-13-16(34-23)12-26-18-5-3-4-17-21(18)25(33)29(24(17)32)19-10-11-20(30)28-22(19)31/h2-9,13,19,26H,1,10-12H2,(H,28,30,31). The fourth-order valence-electron chi connectivity index (χ4n) is 4.13. The first kappa shape index (κ1) is 21.7. The lowest BCUT2D eigenvalue weighted by Crippen LogP contribution is -2.54. The number of piperidine rings is 1. The highest BCUT2D eigenvalue weighted by Crippen LogP contribution is 2.33. The number of carbonyl (C=O) groups excluding carboxylic acids is 4. The Morgan fingerprint density at radius 1 is 1.12 bits per heavy atom. The summed E-state index contributed by atoms with van der Waals surface area (Å²) >= 11 is 1.53. The van der Waals surface area contributed by atoms with Gasteiger partial charge in [0.1, 0.15) is 11.0 Å². The highest BCUT2D eigenvalue weighted by molar-refractivity contribution is 7.15. The molecule has 9 heteroatoms. The molecule has 0 bridgehead atoms. The number of thiazole rings is 1. The Balaban J connectivity index is 1.34. The molecule has 0 spiro atoms. The van der Waals surface area contributed by atoms with E-state index in [0.29, 0.717) is 12.2 Å². The molecule has 34 heavy (non-hydrogen) atoms. The van der Waals surface area contributed by atoms with Crippen LogP contribution in [0.15, 0.2) is 55.2 Å². The van der Waals surface area contributed by atoms with Crippen LogP contribution in [0.3, 0.4) is 0 Å². The topological polar surface area (TPSA) is 108 Å².